The molecule has 2 heterocycles. The Bertz CT molecular complexity index is 1300. The molecule has 0 aliphatic carbocycles. The average molecular weight is 450 g/mol. The minimum absolute atomic E-state index is 0.0556. The molecule has 0 fully saturated rings. The Morgan fingerprint density at radius 2 is 1.69 bits per heavy atom. The Morgan fingerprint density at radius 3 is 2.34 bits per heavy atom. The van der Waals surface area contributed by atoms with Crippen molar-refractivity contribution in [3.05, 3.63) is 54.1 Å². The van der Waals surface area contributed by atoms with Gasteiger partial charge in [0, 0.05) is 23.2 Å². The maximum absolute atomic E-state index is 12.5. The van der Waals surface area contributed by atoms with E-state index < -0.39 is 0 Å². The van der Waals surface area contributed by atoms with Crippen molar-refractivity contribution in [2.75, 3.05) is 23.5 Å². The van der Waals surface area contributed by atoms with E-state index in [2.05, 4.69) is 26.9 Å². The third-order valence-corrected chi connectivity index (χ3v) is 5.87. The SMILES string of the molecule is CCC(=O)Nc1ccc(NC(=O)CSc2nnc3c(C)cc4cc(OC)ccc4n23)cc1. The quantitative estimate of drug-likeness (QED) is 0.409. The fourth-order valence-corrected chi connectivity index (χ4v) is 4.07. The summed E-state index contributed by atoms with van der Waals surface area (Å²) in [6.07, 6.45) is 0.412. The van der Waals surface area contributed by atoms with Gasteiger partial charge in [-0.05, 0) is 61.0 Å². The summed E-state index contributed by atoms with van der Waals surface area (Å²) in [5.41, 5.74) is 4.05. The molecule has 9 heteroatoms. The number of thioether (sulfide) groups is 1. The Morgan fingerprint density at radius 1 is 1.00 bits per heavy atom. The number of nitrogens with one attached hydrogen (secondary N) is 2. The lowest BCUT2D eigenvalue weighted by molar-refractivity contribution is -0.116. The Labute approximate surface area is 189 Å². The van der Waals surface area contributed by atoms with Gasteiger partial charge in [-0.25, -0.2) is 0 Å². The molecule has 8 nitrogen and oxygen atoms in total. The van der Waals surface area contributed by atoms with Gasteiger partial charge >= 0.3 is 0 Å². The first kappa shape index (κ1) is 21.6. The molecule has 4 rings (SSSR count). The standard InChI is InChI=1S/C23H23N5O3S/c1-4-20(29)24-16-5-7-17(8-6-16)25-21(30)13-32-23-27-26-22-14(2)11-15-12-18(31-3)9-10-19(15)28(22)23/h5-12H,4,13H2,1-3H3,(H,24,29)(H,25,30). The molecule has 0 unspecified atom stereocenters. The van der Waals surface area contributed by atoms with E-state index in [0.29, 0.717) is 23.0 Å². The summed E-state index contributed by atoms with van der Waals surface area (Å²) in [6, 6.07) is 14.9. The molecule has 4 aromatic rings. The number of methoxy groups -OCH3 is 1. The first-order valence-electron chi connectivity index (χ1n) is 10.1. The van der Waals surface area contributed by atoms with Crippen molar-refractivity contribution in [2.24, 2.45) is 0 Å². The van der Waals surface area contributed by atoms with Crippen molar-refractivity contribution in [2.45, 2.75) is 25.4 Å². The van der Waals surface area contributed by atoms with Gasteiger partial charge in [0.2, 0.25) is 11.8 Å². The fraction of sp³-hybridized carbons (Fsp3) is 0.217. The zero-order chi connectivity index (χ0) is 22.7. The molecule has 0 atom stereocenters. The molecule has 164 valence electrons. The predicted octanol–water partition coefficient (Wildman–Crippen LogP) is 4.28. The molecule has 0 spiro atoms. The van der Waals surface area contributed by atoms with Gasteiger partial charge in [0.1, 0.15) is 5.75 Å². The Balaban J connectivity index is 1.48. The Kier molecular flexibility index (Phi) is 6.27. The van der Waals surface area contributed by atoms with Gasteiger partial charge < -0.3 is 15.4 Å². The third-order valence-electron chi connectivity index (χ3n) is 4.94. The van der Waals surface area contributed by atoms with E-state index in [-0.39, 0.29) is 17.6 Å². The van der Waals surface area contributed by atoms with Crippen LogP contribution < -0.4 is 15.4 Å². The zero-order valence-corrected chi connectivity index (χ0v) is 18.8. The van der Waals surface area contributed by atoms with E-state index >= 15 is 0 Å². The summed E-state index contributed by atoms with van der Waals surface area (Å²) in [4.78, 5) is 24.0. The van der Waals surface area contributed by atoms with Crippen LogP contribution in [0.5, 0.6) is 5.75 Å². The van der Waals surface area contributed by atoms with Crippen molar-refractivity contribution < 1.29 is 14.3 Å². The molecule has 0 bridgehead atoms. The molecule has 2 N–H and O–H groups in total. The van der Waals surface area contributed by atoms with Crippen LogP contribution >= 0.6 is 11.8 Å². The minimum Gasteiger partial charge on any atom is -0.497 e. The van der Waals surface area contributed by atoms with E-state index in [1.165, 1.54) is 11.8 Å². The van der Waals surface area contributed by atoms with Crippen LogP contribution in [0.15, 0.2) is 53.7 Å². The Hall–Kier alpha value is -3.59. The summed E-state index contributed by atoms with van der Waals surface area (Å²) in [5.74, 6) is 0.745. The van der Waals surface area contributed by atoms with E-state index in [1.807, 2.05) is 29.5 Å². The first-order chi connectivity index (χ1) is 15.5. The highest BCUT2D eigenvalue weighted by molar-refractivity contribution is 7.99. The molecule has 32 heavy (non-hydrogen) atoms. The van der Waals surface area contributed by atoms with Crippen molar-refractivity contribution in [3.8, 4) is 5.75 Å². The summed E-state index contributed by atoms with van der Waals surface area (Å²) < 4.78 is 7.30. The monoisotopic (exact) mass is 449 g/mol. The smallest absolute Gasteiger partial charge is 0.234 e. The zero-order valence-electron chi connectivity index (χ0n) is 18.0. The summed E-state index contributed by atoms with van der Waals surface area (Å²) in [7, 11) is 1.64. The van der Waals surface area contributed by atoms with Gasteiger partial charge in [-0.3, -0.25) is 14.0 Å². The van der Waals surface area contributed by atoms with E-state index in [0.717, 1.165) is 27.9 Å². The second kappa shape index (κ2) is 9.27. The largest absolute Gasteiger partial charge is 0.497 e. The summed E-state index contributed by atoms with van der Waals surface area (Å²) >= 11 is 1.32. The number of rotatable bonds is 7. The highest BCUT2D eigenvalue weighted by Crippen LogP contribution is 2.28. The lowest BCUT2D eigenvalue weighted by Crippen LogP contribution is -2.14. The first-order valence-corrected chi connectivity index (χ1v) is 11.1. The second-order valence-electron chi connectivity index (χ2n) is 7.21. The van der Waals surface area contributed by atoms with Gasteiger partial charge in [-0.2, -0.15) is 0 Å². The number of anilines is 2. The number of ether oxygens (including phenoxy) is 1. The number of carbonyl (C=O) groups excluding carboxylic acids is 2. The lowest BCUT2D eigenvalue weighted by Gasteiger charge is -2.09. The van der Waals surface area contributed by atoms with E-state index in [4.69, 9.17) is 4.74 Å². The lowest BCUT2D eigenvalue weighted by atomic mass is 10.1. The average Bonchev–Trinajstić information content (AvgIpc) is 3.23. The number of fused-ring (bicyclic) bond motifs is 3. The summed E-state index contributed by atoms with van der Waals surface area (Å²) in [5, 5.41) is 15.9. The van der Waals surface area contributed by atoms with Gasteiger partial charge in [-0.1, -0.05) is 18.7 Å². The third kappa shape index (κ3) is 4.52. The molecule has 2 aromatic carbocycles. The number of hydrogen-bond donors (Lipinski definition) is 2. The minimum atomic E-state index is -0.157. The molecule has 0 radical (unpaired) electrons. The normalized spacial score (nSPS) is 11.0. The number of nitrogens with zero attached hydrogens (tertiary/aromatic N) is 3. The van der Waals surface area contributed by atoms with Gasteiger partial charge in [0.05, 0.1) is 18.4 Å². The van der Waals surface area contributed by atoms with Crippen LogP contribution in [0.1, 0.15) is 18.9 Å². The number of hydrogen-bond acceptors (Lipinski definition) is 6. The van der Waals surface area contributed by atoms with E-state index in [9.17, 15) is 9.59 Å². The molecule has 2 aromatic heterocycles. The van der Waals surface area contributed by atoms with Crippen molar-refractivity contribution in [1.82, 2.24) is 14.6 Å². The fourth-order valence-electron chi connectivity index (χ4n) is 3.33. The van der Waals surface area contributed by atoms with E-state index in [1.54, 1.807) is 38.3 Å². The predicted molar refractivity (Wildman–Crippen MR) is 126 cm³/mol. The van der Waals surface area contributed by atoms with Crippen LogP contribution in [0.25, 0.3) is 16.6 Å². The van der Waals surface area contributed by atoms with Crippen molar-refractivity contribution in [3.63, 3.8) is 0 Å². The summed E-state index contributed by atoms with van der Waals surface area (Å²) in [6.45, 7) is 3.78. The molecular formula is C23H23N5O3S. The maximum Gasteiger partial charge on any atom is 0.234 e. The molecule has 0 aliphatic heterocycles. The number of amides is 2. The number of aryl methyl sites for hydroxylation is 1. The highest BCUT2D eigenvalue weighted by atomic mass is 32.2. The second-order valence-corrected chi connectivity index (χ2v) is 8.15. The number of benzene rings is 2. The number of carbonyl (C=O) groups is 2. The van der Waals surface area contributed by atoms with Gasteiger partial charge in [0.25, 0.3) is 0 Å². The van der Waals surface area contributed by atoms with Crippen LogP contribution in [0.2, 0.25) is 0 Å². The molecule has 0 aliphatic rings. The van der Waals surface area contributed by atoms with Crippen LogP contribution in [0.4, 0.5) is 11.4 Å². The number of pyridine rings is 1. The topological polar surface area (TPSA) is 97.6 Å². The maximum atomic E-state index is 12.5. The van der Waals surface area contributed by atoms with Crippen LogP contribution in [-0.4, -0.2) is 39.3 Å². The van der Waals surface area contributed by atoms with Crippen molar-refractivity contribution >= 4 is 51.5 Å². The molecular weight excluding hydrogens is 426 g/mol. The molecule has 0 saturated carbocycles. The van der Waals surface area contributed by atoms with Crippen LogP contribution in [-0.2, 0) is 9.59 Å². The van der Waals surface area contributed by atoms with Crippen LogP contribution in [0.3, 0.4) is 0 Å². The van der Waals surface area contributed by atoms with Gasteiger partial charge in [0.15, 0.2) is 10.8 Å². The van der Waals surface area contributed by atoms with Gasteiger partial charge in [-0.15, -0.1) is 10.2 Å². The van der Waals surface area contributed by atoms with Crippen LogP contribution in [0, 0.1) is 6.92 Å². The molecule has 0 saturated heterocycles. The number of aromatic nitrogens is 3. The highest BCUT2D eigenvalue weighted by Gasteiger charge is 2.14. The van der Waals surface area contributed by atoms with Crippen molar-refractivity contribution in [1.29, 1.82) is 0 Å². The molecule has 2 amide bonds.